The van der Waals surface area contributed by atoms with Gasteiger partial charge in [0.05, 0.1) is 18.7 Å². The molecule has 1 fully saturated rings. The van der Waals surface area contributed by atoms with Crippen molar-refractivity contribution >= 4 is 17.2 Å². The second-order valence-corrected chi connectivity index (χ2v) is 6.29. The molecule has 0 radical (unpaired) electrons. The first-order valence-electron chi connectivity index (χ1n) is 6.80. The van der Waals surface area contributed by atoms with Gasteiger partial charge in [0.25, 0.3) is 0 Å². The van der Waals surface area contributed by atoms with Gasteiger partial charge in [0.1, 0.15) is 0 Å². The molecule has 0 bridgehead atoms. The van der Waals surface area contributed by atoms with Gasteiger partial charge in [-0.25, -0.2) is 0 Å². The molecule has 2 heterocycles. The van der Waals surface area contributed by atoms with Crippen molar-refractivity contribution in [2.24, 2.45) is 5.92 Å². The van der Waals surface area contributed by atoms with Crippen molar-refractivity contribution < 1.29 is 9.90 Å². The number of nitrogens with one attached hydrogen (secondary N) is 1. The maximum Gasteiger partial charge on any atom is 0.237 e. The van der Waals surface area contributed by atoms with Crippen LogP contribution in [0.5, 0.6) is 0 Å². The third-order valence-corrected chi connectivity index (χ3v) is 4.76. The number of thiophene rings is 1. The molecule has 1 aromatic rings. The monoisotopic (exact) mass is 282 g/mol. The van der Waals surface area contributed by atoms with Crippen molar-refractivity contribution in [2.45, 2.75) is 39.0 Å². The maximum atomic E-state index is 12.1. The van der Waals surface area contributed by atoms with Crippen molar-refractivity contribution in [3.05, 3.63) is 22.4 Å². The minimum Gasteiger partial charge on any atom is -0.393 e. The number of hydrogen-bond acceptors (Lipinski definition) is 4. The van der Waals surface area contributed by atoms with Crippen molar-refractivity contribution in [2.75, 3.05) is 13.1 Å². The highest BCUT2D eigenvalue weighted by atomic mass is 32.1. The van der Waals surface area contributed by atoms with Crippen LogP contribution in [-0.4, -0.2) is 41.1 Å². The summed E-state index contributed by atoms with van der Waals surface area (Å²) in [6.45, 7) is 6.08. The van der Waals surface area contributed by atoms with E-state index in [1.165, 1.54) is 4.88 Å². The number of aliphatic hydroxyl groups is 1. The lowest BCUT2D eigenvalue weighted by Crippen LogP contribution is -2.44. The van der Waals surface area contributed by atoms with Gasteiger partial charge in [-0.2, -0.15) is 0 Å². The SMILES string of the molecule is CC(O)C1CCN(C(C)C(=O)NCc2cccs2)C1. The summed E-state index contributed by atoms with van der Waals surface area (Å²) in [7, 11) is 0. The van der Waals surface area contributed by atoms with E-state index in [2.05, 4.69) is 10.2 Å². The van der Waals surface area contributed by atoms with Gasteiger partial charge in [0.2, 0.25) is 5.91 Å². The van der Waals surface area contributed by atoms with Crippen molar-refractivity contribution in [3.63, 3.8) is 0 Å². The zero-order valence-electron chi connectivity index (χ0n) is 11.5. The van der Waals surface area contributed by atoms with Crippen LogP contribution in [0, 0.1) is 5.92 Å². The van der Waals surface area contributed by atoms with Gasteiger partial charge in [-0.3, -0.25) is 9.69 Å². The highest BCUT2D eigenvalue weighted by Crippen LogP contribution is 2.21. The Labute approximate surface area is 118 Å². The lowest BCUT2D eigenvalue weighted by atomic mass is 10.0. The summed E-state index contributed by atoms with van der Waals surface area (Å²) in [5.41, 5.74) is 0. The van der Waals surface area contributed by atoms with Crippen molar-refractivity contribution in [1.29, 1.82) is 0 Å². The summed E-state index contributed by atoms with van der Waals surface area (Å²) < 4.78 is 0. The Kier molecular flexibility index (Phi) is 4.96. The molecule has 3 atom stereocenters. The van der Waals surface area contributed by atoms with Gasteiger partial charge in [0, 0.05) is 11.4 Å². The van der Waals surface area contributed by atoms with Crippen molar-refractivity contribution in [1.82, 2.24) is 10.2 Å². The maximum absolute atomic E-state index is 12.1. The third kappa shape index (κ3) is 3.78. The Balaban J connectivity index is 1.79. The lowest BCUT2D eigenvalue weighted by Gasteiger charge is -2.23. The fourth-order valence-electron chi connectivity index (χ4n) is 2.46. The second-order valence-electron chi connectivity index (χ2n) is 5.26. The molecule has 5 heteroatoms. The quantitative estimate of drug-likeness (QED) is 0.859. The summed E-state index contributed by atoms with van der Waals surface area (Å²) in [6.07, 6.45) is 0.687. The Hall–Kier alpha value is -0.910. The van der Waals surface area contributed by atoms with E-state index in [1.807, 2.05) is 31.4 Å². The predicted octanol–water partition coefficient (Wildman–Crippen LogP) is 1.46. The molecule has 2 N–H and O–H groups in total. The average Bonchev–Trinajstić information content (AvgIpc) is 3.05. The van der Waals surface area contributed by atoms with E-state index in [1.54, 1.807) is 11.3 Å². The third-order valence-electron chi connectivity index (χ3n) is 3.88. The summed E-state index contributed by atoms with van der Waals surface area (Å²) in [6, 6.07) is 3.89. The van der Waals surface area contributed by atoms with Gasteiger partial charge in [0.15, 0.2) is 0 Å². The fraction of sp³-hybridized carbons (Fsp3) is 0.643. The number of carbonyl (C=O) groups excluding carboxylic acids is 1. The molecule has 0 aliphatic carbocycles. The van der Waals surface area contributed by atoms with E-state index < -0.39 is 0 Å². The van der Waals surface area contributed by atoms with E-state index in [9.17, 15) is 9.90 Å². The number of rotatable bonds is 5. The molecular formula is C14H22N2O2S. The van der Waals surface area contributed by atoms with E-state index in [-0.39, 0.29) is 18.1 Å². The van der Waals surface area contributed by atoms with Crippen LogP contribution in [0.2, 0.25) is 0 Å². The van der Waals surface area contributed by atoms with Crippen LogP contribution in [0.1, 0.15) is 25.1 Å². The van der Waals surface area contributed by atoms with E-state index in [4.69, 9.17) is 0 Å². The molecule has 1 aliphatic rings. The normalized spacial score (nSPS) is 23.2. The molecule has 1 aliphatic heterocycles. The fourth-order valence-corrected chi connectivity index (χ4v) is 3.11. The first kappa shape index (κ1) is 14.5. The summed E-state index contributed by atoms with van der Waals surface area (Å²) in [5, 5.41) is 14.6. The van der Waals surface area contributed by atoms with Crippen LogP contribution in [0.25, 0.3) is 0 Å². The van der Waals surface area contributed by atoms with Crippen molar-refractivity contribution in [3.8, 4) is 0 Å². The molecule has 19 heavy (non-hydrogen) atoms. The molecule has 1 saturated heterocycles. The van der Waals surface area contributed by atoms with Crippen LogP contribution < -0.4 is 5.32 Å². The Morgan fingerprint density at radius 1 is 1.63 bits per heavy atom. The number of aliphatic hydroxyl groups excluding tert-OH is 1. The molecule has 0 spiro atoms. The van der Waals surface area contributed by atoms with Crippen LogP contribution >= 0.6 is 11.3 Å². The molecule has 0 aromatic carbocycles. The zero-order chi connectivity index (χ0) is 13.8. The Morgan fingerprint density at radius 3 is 3.00 bits per heavy atom. The molecule has 1 amide bonds. The summed E-state index contributed by atoms with van der Waals surface area (Å²) in [5.74, 6) is 0.368. The minimum atomic E-state index is -0.286. The Bertz CT molecular complexity index is 406. The second kappa shape index (κ2) is 6.50. The molecule has 0 saturated carbocycles. The van der Waals surface area contributed by atoms with Gasteiger partial charge < -0.3 is 10.4 Å². The van der Waals surface area contributed by atoms with E-state index in [0.29, 0.717) is 12.5 Å². The molecule has 3 unspecified atom stereocenters. The molecule has 4 nitrogen and oxygen atoms in total. The largest absolute Gasteiger partial charge is 0.393 e. The van der Waals surface area contributed by atoms with Gasteiger partial charge in [-0.15, -0.1) is 11.3 Å². The van der Waals surface area contributed by atoms with E-state index >= 15 is 0 Å². The first-order chi connectivity index (χ1) is 9.08. The van der Waals surface area contributed by atoms with Gasteiger partial charge >= 0.3 is 0 Å². The highest BCUT2D eigenvalue weighted by molar-refractivity contribution is 7.09. The van der Waals surface area contributed by atoms with Crippen LogP contribution in [-0.2, 0) is 11.3 Å². The smallest absolute Gasteiger partial charge is 0.237 e. The molecule has 2 rings (SSSR count). The highest BCUT2D eigenvalue weighted by Gasteiger charge is 2.31. The zero-order valence-corrected chi connectivity index (χ0v) is 12.3. The number of nitrogens with zero attached hydrogens (tertiary/aromatic N) is 1. The minimum absolute atomic E-state index is 0.0691. The number of amides is 1. The predicted molar refractivity (Wildman–Crippen MR) is 77.0 cm³/mol. The van der Waals surface area contributed by atoms with Gasteiger partial charge in [-0.1, -0.05) is 6.07 Å². The number of likely N-dealkylation sites (tertiary alicyclic amines) is 1. The molecule has 106 valence electrons. The molecule has 1 aromatic heterocycles. The van der Waals surface area contributed by atoms with Crippen LogP contribution in [0.15, 0.2) is 17.5 Å². The van der Waals surface area contributed by atoms with Crippen LogP contribution in [0.3, 0.4) is 0 Å². The molecular weight excluding hydrogens is 260 g/mol. The number of carbonyl (C=O) groups is 1. The number of hydrogen-bond donors (Lipinski definition) is 2. The van der Waals surface area contributed by atoms with E-state index in [0.717, 1.165) is 19.5 Å². The summed E-state index contributed by atoms with van der Waals surface area (Å²) in [4.78, 5) is 15.4. The van der Waals surface area contributed by atoms with Gasteiger partial charge in [-0.05, 0) is 44.2 Å². The van der Waals surface area contributed by atoms with Crippen LogP contribution in [0.4, 0.5) is 0 Å². The topological polar surface area (TPSA) is 52.6 Å². The first-order valence-corrected chi connectivity index (χ1v) is 7.68. The average molecular weight is 282 g/mol. The summed E-state index contributed by atoms with van der Waals surface area (Å²) >= 11 is 1.65. The lowest BCUT2D eigenvalue weighted by molar-refractivity contribution is -0.125. The Morgan fingerprint density at radius 2 is 2.42 bits per heavy atom. The standard InChI is InChI=1S/C14H22N2O2S/c1-10(16-6-5-12(9-16)11(2)17)14(18)15-8-13-4-3-7-19-13/h3-4,7,10-12,17H,5-6,8-9H2,1-2H3,(H,15,18).